The van der Waals surface area contributed by atoms with Gasteiger partial charge in [0.15, 0.2) is 0 Å². The molecule has 0 aliphatic carbocycles. The minimum absolute atomic E-state index is 0.207. The van der Waals surface area contributed by atoms with Gasteiger partial charge in [0.1, 0.15) is 6.61 Å². The van der Waals surface area contributed by atoms with E-state index in [0.717, 1.165) is 22.6 Å². The molecule has 3 heteroatoms. The molecule has 0 bridgehead atoms. The van der Waals surface area contributed by atoms with E-state index < -0.39 is 5.97 Å². The summed E-state index contributed by atoms with van der Waals surface area (Å²) in [5.74, 6) is -0.426. The Balaban J connectivity index is 1.77. The Morgan fingerprint density at radius 3 is 2.24 bits per heavy atom. The summed E-state index contributed by atoms with van der Waals surface area (Å²) in [4.78, 5) is 13.6. The average Bonchev–Trinajstić information content (AvgIpc) is 2.78. The van der Waals surface area contributed by atoms with Crippen LogP contribution in [0.5, 0.6) is 0 Å². The van der Waals surface area contributed by atoms with Gasteiger partial charge in [-0.25, -0.2) is 4.79 Å². The summed E-state index contributed by atoms with van der Waals surface area (Å²) < 4.78 is 5.21. The average molecular weight is 379 g/mol. The molecule has 4 rings (SSSR count). The lowest BCUT2D eigenvalue weighted by Gasteiger charge is -2.26. The Labute approximate surface area is 170 Å². The molecule has 0 aliphatic rings. The van der Waals surface area contributed by atoms with Crippen LogP contribution < -0.4 is 4.90 Å². The number of esters is 1. The van der Waals surface area contributed by atoms with Crippen molar-refractivity contribution >= 4 is 33.8 Å². The Kier molecular flexibility index (Phi) is 5.39. The van der Waals surface area contributed by atoms with Crippen molar-refractivity contribution in [1.82, 2.24) is 0 Å². The standard InChI is InChI=1S/C26H21NO2/c1-2-26(28)29-19-20-9-8-14-24(17-20)27(23-12-4-3-5-13-23)25-16-15-21-10-6-7-11-22(21)18-25/h2-18H,1,19H2. The zero-order valence-electron chi connectivity index (χ0n) is 16.0. The first-order valence-electron chi connectivity index (χ1n) is 9.47. The van der Waals surface area contributed by atoms with E-state index in [1.165, 1.54) is 16.8 Å². The zero-order chi connectivity index (χ0) is 20.1. The fourth-order valence-corrected chi connectivity index (χ4v) is 3.34. The lowest BCUT2D eigenvalue weighted by molar-refractivity contribution is -0.138. The Morgan fingerprint density at radius 2 is 1.45 bits per heavy atom. The third-order valence-electron chi connectivity index (χ3n) is 4.72. The Hall–Kier alpha value is -3.85. The number of hydrogen-bond donors (Lipinski definition) is 0. The molecule has 142 valence electrons. The molecule has 0 aromatic heterocycles. The molecule has 4 aromatic rings. The summed E-state index contributed by atoms with van der Waals surface area (Å²) >= 11 is 0. The van der Waals surface area contributed by atoms with E-state index >= 15 is 0 Å². The number of para-hydroxylation sites is 1. The largest absolute Gasteiger partial charge is 0.458 e. The molecule has 0 aliphatic heterocycles. The van der Waals surface area contributed by atoms with Crippen molar-refractivity contribution in [3.63, 3.8) is 0 Å². The van der Waals surface area contributed by atoms with Gasteiger partial charge in [0.25, 0.3) is 0 Å². The fourth-order valence-electron chi connectivity index (χ4n) is 3.34. The van der Waals surface area contributed by atoms with Crippen LogP contribution >= 0.6 is 0 Å². The lowest BCUT2D eigenvalue weighted by Crippen LogP contribution is -2.10. The molecule has 0 saturated heterocycles. The Bertz CT molecular complexity index is 1150. The van der Waals surface area contributed by atoms with Crippen molar-refractivity contribution in [3.05, 3.63) is 115 Å². The fraction of sp³-hybridized carbons (Fsp3) is 0.0385. The highest BCUT2D eigenvalue weighted by molar-refractivity contribution is 5.89. The van der Waals surface area contributed by atoms with Crippen molar-refractivity contribution in [1.29, 1.82) is 0 Å². The number of carbonyl (C=O) groups excluding carboxylic acids is 1. The van der Waals surface area contributed by atoms with Crippen LogP contribution in [0.1, 0.15) is 5.56 Å². The molecular formula is C26H21NO2. The zero-order valence-corrected chi connectivity index (χ0v) is 16.0. The van der Waals surface area contributed by atoms with Gasteiger partial charge in [0.2, 0.25) is 0 Å². The molecule has 4 aromatic carbocycles. The van der Waals surface area contributed by atoms with E-state index in [0.29, 0.717) is 0 Å². The minimum atomic E-state index is -0.426. The van der Waals surface area contributed by atoms with Gasteiger partial charge in [-0.2, -0.15) is 0 Å². The number of benzene rings is 4. The maximum atomic E-state index is 11.4. The highest BCUT2D eigenvalue weighted by atomic mass is 16.5. The molecule has 0 fully saturated rings. The molecule has 0 unspecified atom stereocenters. The maximum Gasteiger partial charge on any atom is 0.330 e. The normalized spacial score (nSPS) is 10.5. The first-order chi connectivity index (χ1) is 14.2. The summed E-state index contributed by atoms with van der Waals surface area (Å²) in [6.07, 6.45) is 1.18. The van der Waals surface area contributed by atoms with E-state index in [1.807, 2.05) is 48.5 Å². The van der Waals surface area contributed by atoms with E-state index in [2.05, 4.69) is 60.0 Å². The quantitative estimate of drug-likeness (QED) is 0.281. The number of nitrogens with zero attached hydrogens (tertiary/aromatic N) is 1. The first kappa shape index (κ1) is 18.5. The number of carbonyl (C=O) groups is 1. The maximum absolute atomic E-state index is 11.4. The van der Waals surface area contributed by atoms with E-state index in [-0.39, 0.29) is 6.61 Å². The van der Waals surface area contributed by atoms with E-state index in [1.54, 1.807) is 0 Å². The van der Waals surface area contributed by atoms with Gasteiger partial charge in [-0.05, 0) is 52.7 Å². The third-order valence-corrected chi connectivity index (χ3v) is 4.72. The summed E-state index contributed by atoms with van der Waals surface area (Å²) in [6.45, 7) is 3.65. The van der Waals surface area contributed by atoms with Gasteiger partial charge in [0.05, 0.1) is 0 Å². The van der Waals surface area contributed by atoms with Crippen LogP contribution in [0.2, 0.25) is 0 Å². The summed E-state index contributed by atoms with van der Waals surface area (Å²) in [7, 11) is 0. The van der Waals surface area contributed by atoms with Crippen molar-refractivity contribution in [2.45, 2.75) is 6.61 Å². The summed E-state index contributed by atoms with van der Waals surface area (Å²) in [5.41, 5.74) is 4.04. The Morgan fingerprint density at radius 1 is 0.759 bits per heavy atom. The van der Waals surface area contributed by atoms with Crippen LogP contribution in [-0.2, 0) is 16.1 Å². The summed E-state index contributed by atoms with van der Waals surface area (Å²) in [5, 5.41) is 2.39. The van der Waals surface area contributed by atoms with Crippen molar-refractivity contribution in [3.8, 4) is 0 Å². The molecule has 0 spiro atoms. The monoisotopic (exact) mass is 379 g/mol. The van der Waals surface area contributed by atoms with Gasteiger partial charge in [-0.3, -0.25) is 0 Å². The van der Waals surface area contributed by atoms with E-state index in [4.69, 9.17) is 4.74 Å². The SMILES string of the molecule is C=CC(=O)OCc1cccc(N(c2ccccc2)c2ccc3ccccc3c2)c1. The van der Waals surface area contributed by atoms with Crippen LogP contribution in [0.25, 0.3) is 10.8 Å². The van der Waals surface area contributed by atoms with Gasteiger partial charge in [0, 0.05) is 23.1 Å². The first-order valence-corrected chi connectivity index (χ1v) is 9.47. The minimum Gasteiger partial charge on any atom is -0.458 e. The molecule has 0 N–H and O–H groups in total. The molecule has 0 atom stereocenters. The van der Waals surface area contributed by atoms with Crippen LogP contribution in [0.15, 0.2) is 110 Å². The molecular weight excluding hydrogens is 358 g/mol. The van der Waals surface area contributed by atoms with Crippen molar-refractivity contribution < 1.29 is 9.53 Å². The number of hydrogen-bond acceptors (Lipinski definition) is 3. The van der Waals surface area contributed by atoms with Gasteiger partial charge in [-0.1, -0.05) is 67.2 Å². The summed E-state index contributed by atoms with van der Waals surface area (Å²) in [6, 6.07) is 33.0. The van der Waals surface area contributed by atoms with Crippen LogP contribution in [0, 0.1) is 0 Å². The molecule has 29 heavy (non-hydrogen) atoms. The molecule has 3 nitrogen and oxygen atoms in total. The van der Waals surface area contributed by atoms with Gasteiger partial charge in [-0.15, -0.1) is 0 Å². The third kappa shape index (κ3) is 4.19. The number of rotatable bonds is 6. The molecule has 0 radical (unpaired) electrons. The van der Waals surface area contributed by atoms with Crippen LogP contribution in [-0.4, -0.2) is 5.97 Å². The lowest BCUT2D eigenvalue weighted by atomic mass is 10.1. The van der Waals surface area contributed by atoms with E-state index in [9.17, 15) is 4.79 Å². The highest BCUT2D eigenvalue weighted by Crippen LogP contribution is 2.36. The predicted molar refractivity (Wildman–Crippen MR) is 119 cm³/mol. The number of ether oxygens (including phenoxy) is 1. The number of fused-ring (bicyclic) bond motifs is 1. The van der Waals surface area contributed by atoms with Gasteiger partial charge >= 0.3 is 5.97 Å². The van der Waals surface area contributed by atoms with Crippen LogP contribution in [0.3, 0.4) is 0 Å². The van der Waals surface area contributed by atoms with Crippen molar-refractivity contribution in [2.75, 3.05) is 4.90 Å². The second-order valence-electron chi connectivity index (χ2n) is 6.68. The second-order valence-corrected chi connectivity index (χ2v) is 6.68. The molecule has 0 amide bonds. The van der Waals surface area contributed by atoms with Gasteiger partial charge < -0.3 is 9.64 Å². The molecule has 0 heterocycles. The second kappa shape index (κ2) is 8.44. The van der Waals surface area contributed by atoms with Crippen molar-refractivity contribution in [2.24, 2.45) is 0 Å². The van der Waals surface area contributed by atoms with Crippen LogP contribution in [0.4, 0.5) is 17.1 Å². The highest BCUT2D eigenvalue weighted by Gasteiger charge is 2.13. The predicted octanol–water partition coefficient (Wildman–Crippen LogP) is 6.54. The smallest absolute Gasteiger partial charge is 0.330 e. The topological polar surface area (TPSA) is 29.5 Å². The number of anilines is 3. The molecule has 0 saturated carbocycles.